The second kappa shape index (κ2) is 5.63. The zero-order valence-corrected chi connectivity index (χ0v) is 11.5. The fourth-order valence-corrected chi connectivity index (χ4v) is 3.21. The minimum atomic E-state index is -0.927. The number of carboxylic acid groups (broad SMARTS) is 1. The van der Waals surface area contributed by atoms with Crippen molar-refractivity contribution < 1.29 is 9.90 Å². The number of piperidine rings is 1. The number of carbonyl (C=O) groups is 1. The number of aryl methyl sites for hydroxylation is 1. The van der Waals surface area contributed by atoms with E-state index in [1.165, 1.54) is 4.88 Å². The Hall–Kier alpha value is -1.20. The molecule has 1 aromatic heterocycles. The molecule has 5 heteroatoms. The van der Waals surface area contributed by atoms with E-state index in [2.05, 4.69) is 23.9 Å². The average molecular weight is 266 g/mol. The minimum absolute atomic E-state index is 0.532. The van der Waals surface area contributed by atoms with Crippen LogP contribution in [-0.2, 0) is 4.79 Å². The molecule has 0 bridgehead atoms. The normalized spacial score (nSPS) is 18.6. The number of carboxylic acids is 1. The van der Waals surface area contributed by atoms with Gasteiger partial charge in [-0.25, -0.2) is 9.78 Å². The summed E-state index contributed by atoms with van der Waals surface area (Å²) in [6.45, 7) is 4.30. The fraction of sp³-hybridized carbons (Fsp3) is 0.538. The van der Waals surface area contributed by atoms with Gasteiger partial charge in [0.15, 0.2) is 0 Å². The van der Waals surface area contributed by atoms with Gasteiger partial charge in [0, 0.05) is 16.9 Å². The first-order valence-corrected chi connectivity index (χ1v) is 6.95. The number of aromatic nitrogens is 1. The van der Waals surface area contributed by atoms with E-state index in [0.29, 0.717) is 5.92 Å². The molecule has 18 heavy (non-hydrogen) atoms. The van der Waals surface area contributed by atoms with Crippen molar-refractivity contribution in [3.8, 4) is 0 Å². The van der Waals surface area contributed by atoms with Gasteiger partial charge < -0.3 is 10.0 Å². The molecule has 4 nitrogen and oxygen atoms in total. The number of nitrogens with zero attached hydrogens (tertiary/aromatic N) is 2. The molecule has 0 spiro atoms. The van der Waals surface area contributed by atoms with Crippen molar-refractivity contribution in [3.63, 3.8) is 0 Å². The lowest BCUT2D eigenvalue weighted by Gasteiger charge is -2.28. The van der Waals surface area contributed by atoms with Crippen molar-refractivity contribution in [1.29, 1.82) is 0 Å². The summed E-state index contributed by atoms with van der Waals surface area (Å²) in [5, 5.41) is 9.41. The molecule has 1 aliphatic rings. The quantitative estimate of drug-likeness (QED) is 0.853. The highest BCUT2D eigenvalue weighted by atomic mass is 32.1. The summed E-state index contributed by atoms with van der Waals surface area (Å²) in [5.41, 5.74) is 1.16. The van der Waals surface area contributed by atoms with E-state index in [1.54, 1.807) is 17.4 Å². The van der Waals surface area contributed by atoms with Crippen LogP contribution in [0.2, 0.25) is 0 Å². The van der Waals surface area contributed by atoms with Crippen LogP contribution in [-0.4, -0.2) is 41.1 Å². The van der Waals surface area contributed by atoms with Crippen LogP contribution >= 0.6 is 11.3 Å². The highest BCUT2D eigenvalue weighted by Crippen LogP contribution is 2.32. The van der Waals surface area contributed by atoms with Crippen LogP contribution in [0.3, 0.4) is 0 Å². The number of hydrogen-bond donors (Lipinski definition) is 1. The summed E-state index contributed by atoms with van der Waals surface area (Å²) in [6, 6.07) is 0. The number of aliphatic carboxylic acids is 1. The molecule has 1 fully saturated rings. The number of hydrogen-bond acceptors (Lipinski definition) is 4. The summed E-state index contributed by atoms with van der Waals surface area (Å²) in [5.74, 6) is -0.395. The molecule has 0 aliphatic carbocycles. The van der Waals surface area contributed by atoms with Crippen LogP contribution in [0.15, 0.2) is 6.08 Å². The molecule has 0 amide bonds. The van der Waals surface area contributed by atoms with E-state index >= 15 is 0 Å². The molecular formula is C13H18N2O2S. The highest BCUT2D eigenvalue weighted by Gasteiger charge is 2.22. The molecule has 2 heterocycles. The molecule has 0 aromatic carbocycles. The lowest BCUT2D eigenvalue weighted by atomic mass is 9.93. The van der Waals surface area contributed by atoms with Gasteiger partial charge in [0.05, 0.1) is 5.69 Å². The third-order valence-electron chi connectivity index (χ3n) is 3.32. The predicted molar refractivity (Wildman–Crippen MR) is 73.0 cm³/mol. The third-order valence-corrected chi connectivity index (χ3v) is 4.27. The summed E-state index contributed by atoms with van der Waals surface area (Å²) in [6.07, 6.45) is 5.02. The average Bonchev–Trinajstić information content (AvgIpc) is 2.69. The number of likely N-dealkylation sites (tertiary alicyclic amines) is 1. The maximum Gasteiger partial charge on any atom is 0.328 e. The Morgan fingerprint density at radius 3 is 2.78 bits per heavy atom. The molecule has 0 atom stereocenters. The smallest absolute Gasteiger partial charge is 0.328 e. The van der Waals surface area contributed by atoms with Crippen molar-refractivity contribution in [2.24, 2.45) is 0 Å². The Bertz CT molecular complexity index is 460. The SMILES string of the molecule is Cc1sc(/C=C/C(=O)O)nc1C1CCN(C)CC1. The molecule has 0 unspecified atom stereocenters. The van der Waals surface area contributed by atoms with E-state index < -0.39 is 5.97 Å². The highest BCUT2D eigenvalue weighted by molar-refractivity contribution is 7.12. The van der Waals surface area contributed by atoms with E-state index in [1.807, 2.05) is 0 Å². The van der Waals surface area contributed by atoms with Crippen molar-refractivity contribution in [2.45, 2.75) is 25.7 Å². The molecule has 1 aliphatic heterocycles. The van der Waals surface area contributed by atoms with Gasteiger partial charge in [0.1, 0.15) is 5.01 Å². The zero-order chi connectivity index (χ0) is 13.1. The Kier molecular flexibility index (Phi) is 4.14. The van der Waals surface area contributed by atoms with Gasteiger partial charge in [-0.15, -0.1) is 11.3 Å². The molecule has 2 rings (SSSR count). The van der Waals surface area contributed by atoms with Crippen molar-refractivity contribution in [2.75, 3.05) is 20.1 Å². The second-order valence-electron chi connectivity index (χ2n) is 4.74. The summed E-state index contributed by atoms with van der Waals surface area (Å²) < 4.78 is 0. The molecule has 98 valence electrons. The monoisotopic (exact) mass is 266 g/mol. The lowest BCUT2D eigenvalue weighted by Crippen LogP contribution is -2.29. The molecule has 0 saturated carbocycles. The molecular weight excluding hydrogens is 248 g/mol. The first-order chi connectivity index (χ1) is 8.56. The molecule has 1 N–H and O–H groups in total. The van der Waals surface area contributed by atoms with Gasteiger partial charge in [-0.3, -0.25) is 0 Å². The summed E-state index contributed by atoms with van der Waals surface area (Å²) >= 11 is 1.58. The van der Waals surface area contributed by atoms with Gasteiger partial charge in [-0.2, -0.15) is 0 Å². The standard InChI is InChI=1S/C13H18N2O2S/c1-9-13(10-5-7-15(2)8-6-10)14-11(18-9)3-4-12(16)17/h3-4,10H,5-8H2,1-2H3,(H,16,17)/b4-3+. The third kappa shape index (κ3) is 3.17. The van der Waals surface area contributed by atoms with Crippen LogP contribution < -0.4 is 0 Å². The number of thiazole rings is 1. The van der Waals surface area contributed by atoms with Crippen LogP contribution in [0.1, 0.15) is 34.3 Å². The maximum absolute atomic E-state index is 10.5. The van der Waals surface area contributed by atoms with Crippen molar-refractivity contribution >= 4 is 23.4 Å². The van der Waals surface area contributed by atoms with E-state index in [-0.39, 0.29) is 0 Å². The first kappa shape index (κ1) is 13.2. The van der Waals surface area contributed by atoms with Gasteiger partial charge in [-0.05, 0) is 46.0 Å². The first-order valence-electron chi connectivity index (χ1n) is 6.13. The topological polar surface area (TPSA) is 53.4 Å². The minimum Gasteiger partial charge on any atom is -0.478 e. The van der Waals surface area contributed by atoms with Crippen LogP contribution in [0.5, 0.6) is 0 Å². The van der Waals surface area contributed by atoms with Crippen LogP contribution in [0, 0.1) is 6.92 Å². The van der Waals surface area contributed by atoms with Crippen molar-refractivity contribution in [3.05, 3.63) is 21.7 Å². The van der Waals surface area contributed by atoms with Gasteiger partial charge in [0.25, 0.3) is 0 Å². The Morgan fingerprint density at radius 1 is 1.50 bits per heavy atom. The van der Waals surface area contributed by atoms with E-state index in [9.17, 15) is 4.79 Å². The Morgan fingerprint density at radius 2 is 2.17 bits per heavy atom. The molecule has 0 radical (unpaired) electrons. The molecule has 1 saturated heterocycles. The van der Waals surface area contributed by atoms with Gasteiger partial charge >= 0.3 is 5.97 Å². The second-order valence-corrected chi connectivity index (χ2v) is 5.98. The van der Waals surface area contributed by atoms with Gasteiger partial charge in [-0.1, -0.05) is 0 Å². The Labute approximate surface area is 111 Å². The van der Waals surface area contributed by atoms with Crippen LogP contribution in [0.4, 0.5) is 0 Å². The zero-order valence-electron chi connectivity index (χ0n) is 10.7. The van der Waals surface area contributed by atoms with Crippen molar-refractivity contribution in [1.82, 2.24) is 9.88 Å². The number of rotatable bonds is 3. The predicted octanol–water partition coefficient (Wildman–Crippen LogP) is 2.36. The molecule has 1 aromatic rings. The van der Waals surface area contributed by atoms with E-state index in [0.717, 1.165) is 42.7 Å². The van der Waals surface area contributed by atoms with Gasteiger partial charge in [0.2, 0.25) is 0 Å². The summed E-state index contributed by atoms with van der Waals surface area (Å²) in [7, 11) is 2.14. The largest absolute Gasteiger partial charge is 0.478 e. The Balaban J connectivity index is 2.11. The van der Waals surface area contributed by atoms with Crippen LogP contribution in [0.25, 0.3) is 6.08 Å². The maximum atomic E-state index is 10.5. The lowest BCUT2D eigenvalue weighted by molar-refractivity contribution is -0.131. The summed E-state index contributed by atoms with van der Waals surface area (Å²) in [4.78, 5) is 18.6. The van der Waals surface area contributed by atoms with E-state index in [4.69, 9.17) is 5.11 Å². The fourth-order valence-electron chi connectivity index (χ4n) is 2.30.